The number of rotatable bonds is 5. The van der Waals surface area contributed by atoms with E-state index in [9.17, 15) is 4.39 Å². The van der Waals surface area contributed by atoms with Crippen LogP contribution >= 0.6 is 15.9 Å². The van der Waals surface area contributed by atoms with Crippen molar-refractivity contribution in [3.8, 4) is 0 Å². The van der Waals surface area contributed by atoms with Crippen molar-refractivity contribution in [3.05, 3.63) is 34.1 Å². The van der Waals surface area contributed by atoms with Crippen molar-refractivity contribution in [3.63, 3.8) is 0 Å². The molecule has 1 heterocycles. The Bertz CT molecular complexity index is 450. The second kappa shape index (κ2) is 7.01. The summed E-state index contributed by atoms with van der Waals surface area (Å²) in [4.78, 5) is 2.51. The molecule has 1 aliphatic heterocycles. The van der Waals surface area contributed by atoms with E-state index in [1.165, 1.54) is 19.0 Å². The monoisotopic (exact) mass is 342 g/mol. The number of nitrogens with zero attached hydrogens (tertiary/aromatic N) is 1. The minimum absolute atomic E-state index is 0.0520. The fourth-order valence-corrected chi connectivity index (χ4v) is 3.14. The van der Waals surface area contributed by atoms with E-state index < -0.39 is 0 Å². The molecule has 1 aliphatic rings. The van der Waals surface area contributed by atoms with Crippen molar-refractivity contribution in [2.24, 2.45) is 5.92 Å². The van der Waals surface area contributed by atoms with Crippen molar-refractivity contribution < 1.29 is 4.39 Å². The molecule has 2 atom stereocenters. The van der Waals surface area contributed by atoms with Gasteiger partial charge in [-0.1, -0.05) is 22.0 Å². The van der Waals surface area contributed by atoms with Gasteiger partial charge in [0, 0.05) is 28.7 Å². The first-order valence-corrected chi connectivity index (χ1v) is 8.19. The third kappa shape index (κ3) is 4.03. The number of hydrogen-bond donors (Lipinski definition) is 1. The highest BCUT2D eigenvalue weighted by Crippen LogP contribution is 2.22. The Morgan fingerprint density at radius 2 is 2.15 bits per heavy atom. The minimum atomic E-state index is -0.144. The van der Waals surface area contributed by atoms with Gasteiger partial charge >= 0.3 is 0 Å². The van der Waals surface area contributed by atoms with Crippen LogP contribution in [0.1, 0.15) is 38.8 Å². The van der Waals surface area contributed by atoms with Gasteiger partial charge in [0.2, 0.25) is 0 Å². The molecular weight excluding hydrogens is 319 g/mol. The second-order valence-electron chi connectivity index (χ2n) is 6.04. The first kappa shape index (κ1) is 15.9. The van der Waals surface area contributed by atoms with E-state index in [-0.39, 0.29) is 11.9 Å². The summed E-state index contributed by atoms with van der Waals surface area (Å²) in [7, 11) is 0. The van der Waals surface area contributed by atoms with E-state index >= 15 is 0 Å². The van der Waals surface area contributed by atoms with Crippen molar-refractivity contribution in [2.45, 2.75) is 39.3 Å². The van der Waals surface area contributed by atoms with Gasteiger partial charge in [-0.05, 0) is 58.3 Å². The molecule has 0 spiro atoms. The van der Waals surface area contributed by atoms with Gasteiger partial charge in [-0.25, -0.2) is 4.39 Å². The smallest absolute Gasteiger partial charge is 0.129 e. The van der Waals surface area contributed by atoms with Gasteiger partial charge in [-0.15, -0.1) is 0 Å². The SMILES string of the molecule is CC(NCC1CCN(C(C)C)C1)c1ccc(Br)cc1F. The number of benzene rings is 1. The molecule has 1 aromatic carbocycles. The van der Waals surface area contributed by atoms with Crippen molar-refractivity contribution in [1.29, 1.82) is 0 Å². The molecule has 1 fully saturated rings. The van der Waals surface area contributed by atoms with Crippen LogP contribution in [0.25, 0.3) is 0 Å². The van der Waals surface area contributed by atoms with Gasteiger partial charge in [0.05, 0.1) is 0 Å². The van der Waals surface area contributed by atoms with Gasteiger partial charge in [-0.3, -0.25) is 0 Å². The largest absolute Gasteiger partial charge is 0.310 e. The molecule has 0 bridgehead atoms. The summed E-state index contributed by atoms with van der Waals surface area (Å²) in [5.74, 6) is 0.535. The van der Waals surface area contributed by atoms with Gasteiger partial charge in [-0.2, -0.15) is 0 Å². The summed E-state index contributed by atoms with van der Waals surface area (Å²) in [5, 5.41) is 3.48. The van der Waals surface area contributed by atoms with Crippen LogP contribution in [0.3, 0.4) is 0 Å². The molecule has 0 aromatic heterocycles. The first-order chi connectivity index (χ1) is 9.47. The molecule has 2 unspecified atom stereocenters. The quantitative estimate of drug-likeness (QED) is 0.870. The van der Waals surface area contributed by atoms with Crippen LogP contribution in [-0.2, 0) is 0 Å². The minimum Gasteiger partial charge on any atom is -0.310 e. The Morgan fingerprint density at radius 1 is 1.40 bits per heavy atom. The van der Waals surface area contributed by atoms with Crippen LogP contribution in [0, 0.1) is 11.7 Å². The Balaban J connectivity index is 1.85. The lowest BCUT2D eigenvalue weighted by Gasteiger charge is -2.21. The summed E-state index contributed by atoms with van der Waals surface area (Å²) in [6.45, 7) is 9.82. The van der Waals surface area contributed by atoms with E-state index in [0.717, 1.165) is 23.1 Å². The molecule has 0 radical (unpaired) electrons. The number of likely N-dealkylation sites (tertiary alicyclic amines) is 1. The Kier molecular flexibility index (Phi) is 5.58. The van der Waals surface area contributed by atoms with E-state index in [1.54, 1.807) is 0 Å². The van der Waals surface area contributed by atoms with Crippen LogP contribution in [0.5, 0.6) is 0 Å². The first-order valence-electron chi connectivity index (χ1n) is 7.39. The molecule has 0 saturated carbocycles. The third-order valence-electron chi connectivity index (χ3n) is 4.19. The average Bonchev–Trinajstić information content (AvgIpc) is 2.85. The van der Waals surface area contributed by atoms with Crippen LogP contribution in [0.2, 0.25) is 0 Å². The van der Waals surface area contributed by atoms with Gasteiger partial charge in [0.15, 0.2) is 0 Å². The molecule has 20 heavy (non-hydrogen) atoms. The van der Waals surface area contributed by atoms with Crippen LogP contribution < -0.4 is 5.32 Å². The van der Waals surface area contributed by atoms with E-state index in [2.05, 4.69) is 40.0 Å². The van der Waals surface area contributed by atoms with E-state index in [4.69, 9.17) is 0 Å². The molecule has 1 aromatic rings. The van der Waals surface area contributed by atoms with E-state index in [1.807, 2.05) is 19.1 Å². The molecule has 0 amide bonds. The highest BCUT2D eigenvalue weighted by Gasteiger charge is 2.24. The predicted molar refractivity (Wildman–Crippen MR) is 85.3 cm³/mol. The standard InChI is InChI=1S/C16H24BrFN2/c1-11(2)20-7-6-13(10-20)9-19-12(3)15-5-4-14(17)8-16(15)18/h4-5,8,11-13,19H,6-7,9-10H2,1-3H3. The zero-order chi connectivity index (χ0) is 14.7. The van der Waals surface area contributed by atoms with Crippen LogP contribution in [0.4, 0.5) is 4.39 Å². The fraction of sp³-hybridized carbons (Fsp3) is 0.625. The lowest BCUT2D eigenvalue weighted by atomic mass is 10.1. The Morgan fingerprint density at radius 3 is 2.75 bits per heavy atom. The molecular formula is C16H24BrFN2. The number of nitrogens with one attached hydrogen (secondary N) is 1. The van der Waals surface area contributed by atoms with Crippen molar-refractivity contribution in [1.82, 2.24) is 10.2 Å². The zero-order valence-electron chi connectivity index (χ0n) is 12.5. The maximum Gasteiger partial charge on any atom is 0.129 e. The number of hydrogen-bond acceptors (Lipinski definition) is 2. The summed E-state index contributed by atoms with van der Waals surface area (Å²) >= 11 is 3.29. The highest BCUT2D eigenvalue weighted by atomic mass is 79.9. The normalized spacial score (nSPS) is 21.6. The second-order valence-corrected chi connectivity index (χ2v) is 6.95. The summed E-state index contributed by atoms with van der Waals surface area (Å²) in [6, 6.07) is 5.96. The molecule has 2 nitrogen and oxygen atoms in total. The van der Waals surface area contributed by atoms with Gasteiger partial charge in [0.25, 0.3) is 0 Å². The summed E-state index contributed by atoms with van der Waals surface area (Å²) < 4.78 is 14.7. The maximum absolute atomic E-state index is 13.9. The lowest BCUT2D eigenvalue weighted by Crippen LogP contribution is -2.31. The topological polar surface area (TPSA) is 15.3 Å². The van der Waals surface area contributed by atoms with E-state index in [0.29, 0.717) is 12.0 Å². The molecule has 4 heteroatoms. The molecule has 112 valence electrons. The maximum atomic E-state index is 13.9. The predicted octanol–water partition coefficient (Wildman–Crippen LogP) is 3.97. The summed E-state index contributed by atoms with van der Waals surface area (Å²) in [6.07, 6.45) is 1.24. The fourth-order valence-electron chi connectivity index (χ4n) is 2.80. The number of halogens is 2. The zero-order valence-corrected chi connectivity index (χ0v) is 14.1. The molecule has 1 N–H and O–H groups in total. The van der Waals surface area contributed by atoms with Crippen LogP contribution in [-0.4, -0.2) is 30.6 Å². The molecule has 2 rings (SSSR count). The van der Waals surface area contributed by atoms with Crippen molar-refractivity contribution in [2.75, 3.05) is 19.6 Å². The summed E-state index contributed by atoms with van der Waals surface area (Å²) in [5.41, 5.74) is 0.743. The Hall–Kier alpha value is -0.450. The van der Waals surface area contributed by atoms with Crippen molar-refractivity contribution >= 4 is 15.9 Å². The van der Waals surface area contributed by atoms with Crippen LogP contribution in [0.15, 0.2) is 22.7 Å². The average molecular weight is 343 g/mol. The highest BCUT2D eigenvalue weighted by molar-refractivity contribution is 9.10. The third-order valence-corrected chi connectivity index (χ3v) is 4.68. The molecule has 1 saturated heterocycles. The lowest BCUT2D eigenvalue weighted by molar-refractivity contribution is 0.263. The van der Waals surface area contributed by atoms with Gasteiger partial charge in [0.1, 0.15) is 5.82 Å². The van der Waals surface area contributed by atoms with Gasteiger partial charge < -0.3 is 10.2 Å². The Labute approximate surface area is 129 Å². The molecule has 0 aliphatic carbocycles.